The maximum absolute atomic E-state index is 13.4. The predicted molar refractivity (Wildman–Crippen MR) is 113 cm³/mol. The van der Waals surface area contributed by atoms with Gasteiger partial charge in [0.25, 0.3) is 0 Å². The summed E-state index contributed by atoms with van der Waals surface area (Å²) in [7, 11) is 1.53. The molecular weight excluding hydrogens is 487 g/mol. The van der Waals surface area contributed by atoms with Crippen LogP contribution in [-0.2, 0) is 16.0 Å². The Hall–Kier alpha value is -3.64. The molecule has 0 aliphatic heterocycles. The van der Waals surface area contributed by atoms with Gasteiger partial charge < -0.3 is 10.1 Å². The first-order valence-electron chi connectivity index (χ1n) is 9.89. The molecule has 6 nitrogen and oxygen atoms in total. The topological polar surface area (TPSA) is 79.8 Å². The summed E-state index contributed by atoms with van der Waals surface area (Å²) in [5.41, 5.74) is 3.41. The summed E-state index contributed by atoms with van der Waals surface area (Å²) in [6.07, 6.45) is -6.05. The van der Waals surface area contributed by atoms with Crippen LogP contribution in [0.5, 0.6) is 5.75 Å². The minimum atomic E-state index is -6.62. The first kappa shape index (κ1) is 27.6. The van der Waals surface area contributed by atoms with E-state index in [9.17, 15) is 40.3 Å². The number of nitrogens with one attached hydrogen (secondary N) is 2. The Balaban J connectivity index is 1.95. The van der Waals surface area contributed by atoms with Crippen molar-refractivity contribution >= 4 is 23.2 Å². The number of methoxy groups -OCH3 is 1. The van der Waals surface area contributed by atoms with Crippen LogP contribution in [0.2, 0.25) is 0 Å². The van der Waals surface area contributed by atoms with Gasteiger partial charge in [-0.15, -0.1) is 0 Å². The molecule has 0 saturated heterocycles. The van der Waals surface area contributed by atoms with Crippen LogP contribution >= 0.6 is 0 Å². The molecule has 0 unspecified atom stereocenters. The fraction of sp³-hybridized carbons (Fsp3) is 0.318. The largest absolute Gasteiger partial charge is 0.497 e. The Morgan fingerprint density at radius 2 is 1.49 bits per heavy atom. The summed E-state index contributed by atoms with van der Waals surface area (Å²) in [5, 5.41) is 5.22. The highest BCUT2D eigenvalue weighted by atomic mass is 19.4. The zero-order valence-electron chi connectivity index (χ0n) is 18.4. The fourth-order valence-electron chi connectivity index (χ4n) is 2.64. The minimum Gasteiger partial charge on any atom is -0.497 e. The Morgan fingerprint density at radius 1 is 0.914 bits per heavy atom. The van der Waals surface area contributed by atoms with Crippen molar-refractivity contribution in [2.45, 2.75) is 37.8 Å². The number of carbonyl (C=O) groups excluding carboxylic acids is 2. The van der Waals surface area contributed by atoms with Crippen molar-refractivity contribution in [1.82, 2.24) is 5.43 Å². The van der Waals surface area contributed by atoms with Gasteiger partial charge in [-0.3, -0.25) is 9.59 Å². The number of hydrogen-bond acceptors (Lipinski definition) is 4. The summed E-state index contributed by atoms with van der Waals surface area (Å²) < 4.78 is 94.4. The van der Waals surface area contributed by atoms with E-state index in [0.29, 0.717) is 17.7 Å². The second-order valence-corrected chi connectivity index (χ2v) is 7.26. The summed E-state index contributed by atoms with van der Waals surface area (Å²) >= 11 is 0. The third-order valence-corrected chi connectivity index (χ3v) is 4.74. The average molecular weight is 507 g/mol. The highest BCUT2D eigenvalue weighted by Gasteiger charge is 2.76. The summed E-state index contributed by atoms with van der Waals surface area (Å²) in [6, 6.07) is 11.6. The van der Waals surface area contributed by atoms with Gasteiger partial charge in [0.05, 0.1) is 12.8 Å². The second kappa shape index (κ2) is 10.7. The van der Waals surface area contributed by atoms with Crippen LogP contribution in [0.25, 0.3) is 0 Å². The number of aryl methyl sites for hydroxylation is 1. The zero-order valence-corrected chi connectivity index (χ0v) is 18.4. The van der Waals surface area contributed by atoms with Crippen molar-refractivity contribution in [3.05, 3.63) is 59.7 Å². The Bertz CT molecular complexity index is 1070. The monoisotopic (exact) mass is 507 g/mol. The molecule has 0 aromatic heterocycles. The molecule has 2 N–H and O–H groups in total. The lowest BCUT2D eigenvalue weighted by atomic mass is 10.1. The number of benzene rings is 2. The van der Waals surface area contributed by atoms with Crippen molar-refractivity contribution < 1.29 is 45.1 Å². The Kier molecular flexibility index (Phi) is 8.47. The summed E-state index contributed by atoms with van der Waals surface area (Å²) in [4.78, 5) is 23.4. The molecule has 0 saturated carbocycles. The van der Waals surface area contributed by atoms with Gasteiger partial charge in [-0.1, -0.05) is 24.3 Å². The number of hydrazone groups is 1. The predicted octanol–water partition coefficient (Wildman–Crippen LogP) is 4.94. The first-order valence-corrected chi connectivity index (χ1v) is 9.89. The number of hydrogen-bond donors (Lipinski definition) is 2. The summed E-state index contributed by atoms with van der Waals surface area (Å²) in [5.74, 6) is -15.1. The molecular formula is C22H20F7N3O3. The van der Waals surface area contributed by atoms with E-state index < -0.39 is 35.5 Å². The van der Waals surface area contributed by atoms with E-state index in [2.05, 4.69) is 10.5 Å². The van der Waals surface area contributed by atoms with Gasteiger partial charge in [-0.05, 0) is 48.7 Å². The van der Waals surface area contributed by atoms with Gasteiger partial charge in [0, 0.05) is 12.1 Å². The van der Waals surface area contributed by atoms with Gasteiger partial charge in [-0.2, -0.15) is 35.8 Å². The Labute approximate surface area is 195 Å². The standard InChI is InChI=1S/C22H20F7N3O3/c1-13(31-32-18(33)12-5-14-3-10-17(35-2)11-4-14)15-6-8-16(9-7-15)30-19(34)20(23,24)21(25,26)22(27,28)29/h3-4,6-11H,5,12H2,1-2H3,(H,30,34)(H,32,33). The van der Waals surface area contributed by atoms with Gasteiger partial charge in [0.2, 0.25) is 5.91 Å². The molecule has 2 aromatic carbocycles. The SMILES string of the molecule is COc1ccc(CCC(=O)NN=C(C)c2ccc(NC(=O)C(F)(F)C(F)(F)C(F)(F)F)cc2)cc1. The van der Waals surface area contributed by atoms with Crippen LogP contribution in [0.1, 0.15) is 24.5 Å². The van der Waals surface area contributed by atoms with Crippen LogP contribution < -0.4 is 15.5 Å². The molecule has 2 rings (SSSR count). The van der Waals surface area contributed by atoms with E-state index in [1.54, 1.807) is 24.3 Å². The van der Waals surface area contributed by atoms with Crippen LogP contribution in [0, 0.1) is 0 Å². The van der Waals surface area contributed by atoms with E-state index in [-0.39, 0.29) is 12.1 Å². The fourth-order valence-corrected chi connectivity index (χ4v) is 2.64. The molecule has 35 heavy (non-hydrogen) atoms. The highest BCUT2D eigenvalue weighted by molar-refractivity contribution is 6.00. The van der Waals surface area contributed by atoms with Crippen molar-refractivity contribution in [2.24, 2.45) is 5.10 Å². The number of halogens is 7. The third kappa shape index (κ3) is 6.70. The number of ether oxygens (including phenoxy) is 1. The van der Waals surface area contributed by atoms with Crippen molar-refractivity contribution in [3.8, 4) is 5.75 Å². The Morgan fingerprint density at radius 3 is 2.00 bits per heavy atom. The van der Waals surface area contributed by atoms with Crippen molar-refractivity contribution in [3.63, 3.8) is 0 Å². The number of anilines is 1. The van der Waals surface area contributed by atoms with Gasteiger partial charge in [0.1, 0.15) is 5.75 Å². The van der Waals surface area contributed by atoms with Crippen LogP contribution in [0.3, 0.4) is 0 Å². The number of nitrogens with zero attached hydrogens (tertiary/aromatic N) is 1. The number of carbonyl (C=O) groups is 2. The molecule has 13 heteroatoms. The normalized spacial score (nSPS) is 12.8. The lowest BCUT2D eigenvalue weighted by Gasteiger charge is -2.27. The van der Waals surface area contributed by atoms with Gasteiger partial charge in [-0.25, -0.2) is 5.43 Å². The molecule has 0 heterocycles. The van der Waals surface area contributed by atoms with E-state index in [1.165, 1.54) is 31.5 Å². The van der Waals surface area contributed by atoms with E-state index in [0.717, 1.165) is 17.7 Å². The van der Waals surface area contributed by atoms with Crippen molar-refractivity contribution in [1.29, 1.82) is 0 Å². The smallest absolute Gasteiger partial charge is 0.460 e. The molecule has 0 radical (unpaired) electrons. The molecule has 0 atom stereocenters. The lowest BCUT2D eigenvalue weighted by Crippen LogP contribution is -2.57. The average Bonchev–Trinajstić information content (AvgIpc) is 2.81. The van der Waals surface area contributed by atoms with E-state index in [1.807, 2.05) is 0 Å². The first-order chi connectivity index (χ1) is 16.2. The molecule has 2 aromatic rings. The van der Waals surface area contributed by atoms with Crippen LogP contribution in [-0.4, -0.2) is 42.7 Å². The van der Waals surface area contributed by atoms with E-state index >= 15 is 0 Å². The molecule has 2 amide bonds. The maximum atomic E-state index is 13.4. The van der Waals surface area contributed by atoms with Gasteiger partial charge >= 0.3 is 23.9 Å². The van der Waals surface area contributed by atoms with Crippen LogP contribution in [0.4, 0.5) is 36.4 Å². The van der Waals surface area contributed by atoms with Gasteiger partial charge in [0.15, 0.2) is 0 Å². The zero-order chi connectivity index (χ0) is 26.4. The molecule has 0 aliphatic rings. The quantitative estimate of drug-likeness (QED) is 0.287. The maximum Gasteiger partial charge on any atom is 0.460 e. The lowest BCUT2D eigenvalue weighted by molar-refractivity contribution is -0.343. The molecule has 0 bridgehead atoms. The third-order valence-electron chi connectivity index (χ3n) is 4.74. The van der Waals surface area contributed by atoms with Crippen molar-refractivity contribution in [2.75, 3.05) is 12.4 Å². The minimum absolute atomic E-state index is 0.130. The number of amides is 2. The molecule has 0 spiro atoms. The molecule has 0 aliphatic carbocycles. The molecule has 0 fully saturated rings. The number of alkyl halides is 7. The van der Waals surface area contributed by atoms with Crippen LogP contribution in [0.15, 0.2) is 53.6 Å². The second-order valence-electron chi connectivity index (χ2n) is 7.26. The molecule has 190 valence electrons. The highest BCUT2D eigenvalue weighted by Crippen LogP contribution is 2.46. The number of rotatable bonds is 9. The van der Waals surface area contributed by atoms with E-state index in [4.69, 9.17) is 4.74 Å². The summed E-state index contributed by atoms with van der Waals surface area (Å²) in [6.45, 7) is 1.50.